The van der Waals surface area contributed by atoms with Crippen molar-refractivity contribution in [1.29, 1.82) is 0 Å². The lowest BCUT2D eigenvalue weighted by atomic mass is 10.1. The molecule has 0 aromatic heterocycles. The van der Waals surface area contributed by atoms with Crippen LogP contribution in [0.25, 0.3) is 6.08 Å². The van der Waals surface area contributed by atoms with E-state index in [0.717, 1.165) is 17.0 Å². The molecule has 1 heterocycles. The number of ether oxygens (including phenoxy) is 1. The Kier molecular flexibility index (Phi) is 7.15. The zero-order chi connectivity index (χ0) is 23.4. The Hall–Kier alpha value is -3.38. The summed E-state index contributed by atoms with van der Waals surface area (Å²) in [5, 5.41) is 23.1. The molecule has 2 aromatic carbocycles. The average molecular weight is 522 g/mol. The number of phenols is 1. The maximum atomic E-state index is 12.6. The number of thioether (sulfide) groups is 1. The van der Waals surface area contributed by atoms with Gasteiger partial charge < -0.3 is 15.2 Å². The monoisotopic (exact) mass is 521 g/mol. The molecule has 32 heavy (non-hydrogen) atoms. The number of benzene rings is 2. The number of non-ortho nitro benzene ring substituents is 1. The van der Waals surface area contributed by atoms with Gasteiger partial charge in [-0.05, 0) is 65.0 Å². The van der Waals surface area contributed by atoms with Crippen molar-refractivity contribution in [2.45, 2.75) is 6.92 Å². The van der Waals surface area contributed by atoms with Crippen molar-refractivity contribution in [2.75, 3.05) is 18.5 Å². The number of rotatable bonds is 7. The molecular weight excluding hydrogens is 506 g/mol. The van der Waals surface area contributed by atoms with Gasteiger partial charge in [0.15, 0.2) is 0 Å². The van der Waals surface area contributed by atoms with Gasteiger partial charge in [-0.15, -0.1) is 0 Å². The standard InChI is InChI=1S/C20H16BrN3O7S/c1-2-31-14-5-3-12(4-6-14)22-17(25)10-23-19(27)16(32-20(23)28)8-11-7-13(24(29)30)9-15(21)18(11)26/h3-9,26H,2,10H2,1H3,(H,22,25)/b16-8+. The summed E-state index contributed by atoms with van der Waals surface area (Å²) >= 11 is 3.58. The number of nitro benzene ring substituents is 1. The predicted octanol–water partition coefficient (Wildman–Crippen LogP) is 4.14. The molecule has 166 valence electrons. The second-order valence-electron chi connectivity index (χ2n) is 6.40. The Bertz CT molecular complexity index is 1130. The van der Waals surface area contributed by atoms with Crippen LogP contribution in [0, 0.1) is 10.1 Å². The highest BCUT2D eigenvalue weighted by Crippen LogP contribution is 2.38. The molecule has 1 saturated heterocycles. The van der Waals surface area contributed by atoms with Gasteiger partial charge in [-0.2, -0.15) is 0 Å². The summed E-state index contributed by atoms with van der Waals surface area (Å²) in [4.78, 5) is 48.3. The number of halogens is 1. The Morgan fingerprint density at radius 2 is 2.00 bits per heavy atom. The van der Waals surface area contributed by atoms with E-state index in [0.29, 0.717) is 29.8 Å². The minimum atomic E-state index is -0.746. The van der Waals surface area contributed by atoms with Gasteiger partial charge in [-0.3, -0.25) is 29.4 Å². The van der Waals surface area contributed by atoms with Gasteiger partial charge in [-0.25, -0.2) is 0 Å². The molecule has 2 N–H and O–H groups in total. The number of anilines is 1. The normalized spacial score (nSPS) is 14.7. The van der Waals surface area contributed by atoms with E-state index >= 15 is 0 Å². The zero-order valence-corrected chi connectivity index (χ0v) is 18.9. The molecule has 2 aromatic rings. The van der Waals surface area contributed by atoms with Gasteiger partial charge in [0, 0.05) is 23.4 Å². The van der Waals surface area contributed by atoms with E-state index in [-0.39, 0.29) is 26.4 Å². The number of nitrogens with zero attached hydrogens (tertiary/aromatic N) is 2. The number of phenolic OH excluding ortho intramolecular Hbond substituents is 1. The maximum absolute atomic E-state index is 12.6. The first-order chi connectivity index (χ1) is 15.2. The van der Waals surface area contributed by atoms with Crippen LogP contribution >= 0.6 is 27.7 Å². The molecule has 0 atom stereocenters. The number of aromatic hydroxyl groups is 1. The number of amides is 3. The fraction of sp³-hybridized carbons (Fsp3) is 0.150. The lowest BCUT2D eigenvalue weighted by molar-refractivity contribution is -0.385. The third kappa shape index (κ3) is 5.26. The molecule has 0 bridgehead atoms. The quantitative estimate of drug-likeness (QED) is 0.314. The highest BCUT2D eigenvalue weighted by molar-refractivity contribution is 9.10. The Labute approximate surface area is 194 Å². The molecule has 0 unspecified atom stereocenters. The topological polar surface area (TPSA) is 139 Å². The van der Waals surface area contributed by atoms with Crippen LogP contribution in [0.5, 0.6) is 11.5 Å². The zero-order valence-electron chi connectivity index (χ0n) is 16.5. The first-order valence-corrected chi connectivity index (χ1v) is 10.8. The maximum Gasteiger partial charge on any atom is 0.294 e. The molecule has 0 spiro atoms. The van der Waals surface area contributed by atoms with Gasteiger partial charge in [-0.1, -0.05) is 0 Å². The Morgan fingerprint density at radius 1 is 1.31 bits per heavy atom. The van der Waals surface area contributed by atoms with Crippen LogP contribution in [-0.2, 0) is 9.59 Å². The van der Waals surface area contributed by atoms with Crippen LogP contribution in [0.1, 0.15) is 12.5 Å². The Morgan fingerprint density at radius 3 is 2.62 bits per heavy atom. The van der Waals surface area contributed by atoms with Gasteiger partial charge in [0.25, 0.3) is 16.8 Å². The average Bonchev–Trinajstić information content (AvgIpc) is 3.00. The SMILES string of the molecule is CCOc1ccc(NC(=O)CN2C(=O)S/C(=C/c3cc([N+](=O)[O-])cc(Br)c3O)C2=O)cc1. The number of hydrogen-bond donors (Lipinski definition) is 2. The van der Waals surface area contributed by atoms with Gasteiger partial charge in [0.05, 0.1) is 20.9 Å². The van der Waals surface area contributed by atoms with E-state index in [1.807, 2.05) is 6.92 Å². The minimum Gasteiger partial charge on any atom is -0.506 e. The summed E-state index contributed by atoms with van der Waals surface area (Å²) in [7, 11) is 0. The van der Waals surface area contributed by atoms with Crippen LogP contribution in [0.2, 0.25) is 0 Å². The molecule has 1 aliphatic heterocycles. The first kappa shape index (κ1) is 23.3. The number of imide groups is 1. The number of nitrogens with one attached hydrogen (secondary N) is 1. The highest BCUT2D eigenvalue weighted by Gasteiger charge is 2.36. The van der Waals surface area contributed by atoms with Crippen molar-refractivity contribution >= 4 is 62.2 Å². The van der Waals surface area contributed by atoms with Crippen LogP contribution in [0.4, 0.5) is 16.2 Å². The molecule has 3 rings (SSSR count). The minimum absolute atomic E-state index is 0.0181. The van der Waals surface area contributed by atoms with Crippen molar-refractivity contribution < 1.29 is 29.2 Å². The second kappa shape index (κ2) is 9.83. The summed E-state index contributed by atoms with van der Waals surface area (Å²) in [5.41, 5.74) is 0.137. The third-order valence-electron chi connectivity index (χ3n) is 4.20. The summed E-state index contributed by atoms with van der Waals surface area (Å²) in [6.07, 6.45) is 1.17. The first-order valence-electron chi connectivity index (χ1n) is 9.14. The molecular formula is C20H16BrN3O7S. The fourth-order valence-electron chi connectivity index (χ4n) is 2.74. The number of carbonyl (C=O) groups is 3. The van der Waals surface area contributed by atoms with Crippen LogP contribution in [0.15, 0.2) is 45.8 Å². The van der Waals surface area contributed by atoms with Gasteiger partial charge in [0.1, 0.15) is 18.0 Å². The molecule has 1 fully saturated rings. The van der Waals surface area contributed by atoms with E-state index < -0.39 is 28.5 Å². The van der Waals surface area contributed by atoms with Crippen molar-refractivity contribution in [3.8, 4) is 11.5 Å². The van der Waals surface area contributed by atoms with Crippen LogP contribution in [0.3, 0.4) is 0 Å². The smallest absolute Gasteiger partial charge is 0.294 e. The van der Waals surface area contributed by atoms with E-state index in [4.69, 9.17) is 4.74 Å². The summed E-state index contributed by atoms with van der Waals surface area (Å²) in [6.45, 7) is 1.84. The number of carbonyl (C=O) groups excluding carboxylic acids is 3. The molecule has 0 saturated carbocycles. The van der Waals surface area contributed by atoms with E-state index in [1.165, 1.54) is 6.08 Å². The second-order valence-corrected chi connectivity index (χ2v) is 8.24. The highest BCUT2D eigenvalue weighted by atomic mass is 79.9. The number of hydrogen-bond acceptors (Lipinski definition) is 8. The lowest BCUT2D eigenvalue weighted by Gasteiger charge is -2.12. The van der Waals surface area contributed by atoms with Crippen LogP contribution < -0.4 is 10.1 Å². The Balaban J connectivity index is 1.73. The number of nitro groups is 1. The molecule has 10 nitrogen and oxygen atoms in total. The fourth-order valence-corrected chi connectivity index (χ4v) is 4.04. The molecule has 3 amide bonds. The lowest BCUT2D eigenvalue weighted by Crippen LogP contribution is -2.36. The molecule has 0 radical (unpaired) electrons. The third-order valence-corrected chi connectivity index (χ3v) is 5.71. The molecule has 1 aliphatic rings. The van der Waals surface area contributed by atoms with Crippen molar-refractivity contribution in [3.63, 3.8) is 0 Å². The van der Waals surface area contributed by atoms with Gasteiger partial charge >= 0.3 is 0 Å². The largest absolute Gasteiger partial charge is 0.506 e. The van der Waals surface area contributed by atoms with Crippen molar-refractivity contribution in [2.24, 2.45) is 0 Å². The van der Waals surface area contributed by atoms with E-state index in [9.17, 15) is 29.6 Å². The van der Waals surface area contributed by atoms with Gasteiger partial charge in [0.2, 0.25) is 5.91 Å². The predicted molar refractivity (Wildman–Crippen MR) is 121 cm³/mol. The van der Waals surface area contributed by atoms with Crippen molar-refractivity contribution in [3.05, 3.63) is 61.5 Å². The van der Waals surface area contributed by atoms with E-state index in [1.54, 1.807) is 24.3 Å². The summed E-state index contributed by atoms with van der Waals surface area (Å²) in [6, 6.07) is 8.78. The molecule has 0 aliphatic carbocycles. The van der Waals surface area contributed by atoms with Crippen LogP contribution in [-0.4, -0.2) is 45.1 Å². The molecule has 12 heteroatoms. The summed E-state index contributed by atoms with van der Waals surface area (Å²) in [5.74, 6) is -1.02. The summed E-state index contributed by atoms with van der Waals surface area (Å²) < 4.78 is 5.38. The van der Waals surface area contributed by atoms with E-state index in [2.05, 4.69) is 21.2 Å². The van der Waals surface area contributed by atoms with Crippen molar-refractivity contribution in [1.82, 2.24) is 4.90 Å².